The van der Waals surface area contributed by atoms with Crippen molar-refractivity contribution in [2.75, 3.05) is 26.3 Å². The van der Waals surface area contributed by atoms with Crippen LogP contribution in [0.4, 0.5) is 4.39 Å². The molecule has 2 fully saturated rings. The number of carboxylic acid groups (broad SMARTS) is 1. The highest BCUT2D eigenvalue weighted by Gasteiger charge is 2.54. The van der Waals surface area contributed by atoms with Gasteiger partial charge in [0, 0.05) is 31.2 Å². The molecule has 22 heavy (non-hydrogen) atoms. The monoisotopic (exact) mass is 327 g/mol. The van der Waals surface area contributed by atoms with Crippen molar-refractivity contribution in [3.8, 4) is 0 Å². The molecular weight excluding hydrogens is 313 g/mol. The number of hydrogen-bond acceptors (Lipinski definition) is 3. The van der Waals surface area contributed by atoms with Gasteiger partial charge in [0.15, 0.2) is 0 Å². The van der Waals surface area contributed by atoms with Crippen molar-refractivity contribution in [2.45, 2.75) is 6.42 Å². The van der Waals surface area contributed by atoms with Gasteiger partial charge < -0.3 is 14.7 Å². The van der Waals surface area contributed by atoms with Crippen LogP contribution in [0.5, 0.6) is 0 Å². The van der Waals surface area contributed by atoms with E-state index in [1.165, 1.54) is 17.0 Å². The van der Waals surface area contributed by atoms with Gasteiger partial charge in [0.2, 0.25) is 0 Å². The van der Waals surface area contributed by atoms with Crippen LogP contribution in [0.15, 0.2) is 18.2 Å². The summed E-state index contributed by atoms with van der Waals surface area (Å²) >= 11 is 5.70. The number of likely N-dealkylation sites (tertiary alicyclic amines) is 1. The number of hydrogen-bond donors (Lipinski definition) is 1. The first-order chi connectivity index (χ1) is 10.4. The molecule has 1 amide bonds. The van der Waals surface area contributed by atoms with Crippen LogP contribution < -0.4 is 0 Å². The maximum absolute atomic E-state index is 13.2. The van der Waals surface area contributed by atoms with E-state index >= 15 is 0 Å². The van der Waals surface area contributed by atoms with Crippen molar-refractivity contribution in [1.82, 2.24) is 4.90 Å². The molecule has 1 aromatic carbocycles. The summed E-state index contributed by atoms with van der Waals surface area (Å²) in [4.78, 5) is 25.7. The van der Waals surface area contributed by atoms with Crippen molar-refractivity contribution in [2.24, 2.45) is 11.3 Å². The van der Waals surface area contributed by atoms with E-state index in [1.807, 2.05) is 0 Å². The Bertz CT molecular complexity index is 638. The molecule has 0 aromatic heterocycles. The summed E-state index contributed by atoms with van der Waals surface area (Å²) in [6.07, 6.45) is 0.390. The van der Waals surface area contributed by atoms with E-state index in [2.05, 4.69) is 0 Å². The summed E-state index contributed by atoms with van der Waals surface area (Å²) in [5.74, 6) is -2.05. The van der Waals surface area contributed by atoms with E-state index in [4.69, 9.17) is 16.3 Å². The van der Waals surface area contributed by atoms with Gasteiger partial charge in [0.05, 0.1) is 17.0 Å². The minimum atomic E-state index is -0.947. The molecule has 118 valence electrons. The topological polar surface area (TPSA) is 66.8 Å². The van der Waals surface area contributed by atoms with Gasteiger partial charge in [-0.1, -0.05) is 11.6 Å². The Kier molecular flexibility index (Phi) is 3.82. The van der Waals surface area contributed by atoms with Crippen LogP contribution in [0.3, 0.4) is 0 Å². The van der Waals surface area contributed by atoms with E-state index in [1.54, 1.807) is 0 Å². The van der Waals surface area contributed by atoms with Gasteiger partial charge in [-0.05, 0) is 24.6 Å². The van der Waals surface area contributed by atoms with Gasteiger partial charge >= 0.3 is 5.97 Å². The molecule has 5 nitrogen and oxygen atoms in total. The third-order valence-corrected chi connectivity index (χ3v) is 4.88. The molecule has 2 aliphatic heterocycles. The maximum atomic E-state index is 13.2. The van der Waals surface area contributed by atoms with E-state index in [-0.39, 0.29) is 29.0 Å². The number of amides is 1. The highest BCUT2D eigenvalue weighted by atomic mass is 35.5. The van der Waals surface area contributed by atoms with Crippen LogP contribution >= 0.6 is 11.6 Å². The number of halogens is 2. The molecule has 0 aliphatic carbocycles. The van der Waals surface area contributed by atoms with Gasteiger partial charge in [-0.15, -0.1) is 0 Å². The molecular formula is C15H15ClFNO4. The minimum Gasteiger partial charge on any atom is -0.481 e. The Labute approximate surface area is 131 Å². The lowest BCUT2D eigenvalue weighted by Crippen LogP contribution is -2.45. The number of aliphatic carboxylic acids is 1. The second-order valence-electron chi connectivity index (χ2n) is 5.80. The van der Waals surface area contributed by atoms with E-state index < -0.39 is 17.2 Å². The van der Waals surface area contributed by atoms with Crippen molar-refractivity contribution in [3.05, 3.63) is 34.6 Å². The quantitative estimate of drug-likeness (QED) is 0.902. The van der Waals surface area contributed by atoms with E-state index in [0.29, 0.717) is 26.2 Å². The molecule has 2 heterocycles. The molecule has 1 aromatic rings. The van der Waals surface area contributed by atoms with E-state index in [9.17, 15) is 19.1 Å². The highest BCUT2D eigenvalue weighted by molar-refractivity contribution is 6.31. The zero-order chi connectivity index (χ0) is 15.9. The minimum absolute atomic E-state index is 0.126. The first-order valence-corrected chi connectivity index (χ1v) is 7.37. The number of benzene rings is 1. The van der Waals surface area contributed by atoms with Crippen molar-refractivity contribution < 1.29 is 23.8 Å². The zero-order valence-corrected chi connectivity index (χ0v) is 12.5. The summed E-state index contributed by atoms with van der Waals surface area (Å²) < 4.78 is 18.6. The Hall–Kier alpha value is -1.66. The lowest BCUT2D eigenvalue weighted by atomic mass is 9.74. The fourth-order valence-corrected chi connectivity index (χ4v) is 3.45. The van der Waals surface area contributed by atoms with Crippen molar-refractivity contribution >= 4 is 23.5 Å². The average molecular weight is 328 g/mol. The molecule has 7 heteroatoms. The maximum Gasteiger partial charge on any atom is 0.311 e. The molecule has 0 bridgehead atoms. The Morgan fingerprint density at radius 3 is 2.86 bits per heavy atom. The predicted octanol–water partition coefficient (Wildman–Crippen LogP) is 2.04. The van der Waals surface area contributed by atoms with Gasteiger partial charge in [-0.25, -0.2) is 4.39 Å². The third-order valence-electron chi connectivity index (χ3n) is 4.59. The van der Waals surface area contributed by atoms with Crippen LogP contribution in [0.2, 0.25) is 5.02 Å². The van der Waals surface area contributed by atoms with Crippen molar-refractivity contribution in [3.63, 3.8) is 0 Å². The van der Waals surface area contributed by atoms with Crippen LogP contribution in [-0.2, 0) is 9.53 Å². The number of carboxylic acids is 1. The van der Waals surface area contributed by atoms with Crippen LogP contribution in [0.25, 0.3) is 0 Å². The third kappa shape index (κ3) is 2.36. The lowest BCUT2D eigenvalue weighted by molar-refractivity contribution is -0.157. The molecule has 2 aliphatic rings. The normalized spacial score (nSPS) is 27.5. The first-order valence-electron chi connectivity index (χ1n) is 6.99. The van der Waals surface area contributed by atoms with Gasteiger partial charge in [-0.3, -0.25) is 9.59 Å². The Morgan fingerprint density at radius 1 is 1.45 bits per heavy atom. The van der Waals surface area contributed by atoms with Crippen molar-refractivity contribution in [1.29, 1.82) is 0 Å². The lowest BCUT2D eigenvalue weighted by Gasteiger charge is -2.33. The summed E-state index contributed by atoms with van der Waals surface area (Å²) in [6, 6.07) is 3.76. The smallest absolute Gasteiger partial charge is 0.311 e. The number of carbonyl (C=O) groups is 2. The summed E-state index contributed by atoms with van der Waals surface area (Å²) in [7, 11) is 0. The summed E-state index contributed by atoms with van der Waals surface area (Å²) in [5.41, 5.74) is -0.691. The van der Waals surface area contributed by atoms with Crippen LogP contribution in [0.1, 0.15) is 16.8 Å². The van der Waals surface area contributed by atoms with Gasteiger partial charge in [-0.2, -0.15) is 0 Å². The van der Waals surface area contributed by atoms with E-state index in [0.717, 1.165) is 6.07 Å². The first kappa shape index (κ1) is 15.2. The number of nitrogens with zero attached hydrogens (tertiary/aromatic N) is 1. The standard InChI is InChI=1S/C15H15ClFNO4/c16-11-5-9(1-2-12(11)17)13(19)18-6-10-7-22-4-3-15(10,8-18)14(20)21/h1-2,5,10H,3-4,6-8H2,(H,20,21)/t10-,15+/m1/s1. The Balaban J connectivity index is 1.85. The summed E-state index contributed by atoms with van der Waals surface area (Å²) in [5, 5.41) is 9.46. The molecule has 1 N–H and O–H groups in total. The second kappa shape index (κ2) is 5.52. The highest BCUT2D eigenvalue weighted by Crippen LogP contribution is 2.42. The average Bonchev–Trinajstić information content (AvgIpc) is 2.90. The van der Waals surface area contributed by atoms with Gasteiger partial charge in [0.1, 0.15) is 5.82 Å². The summed E-state index contributed by atoms with van der Waals surface area (Å²) in [6.45, 7) is 1.18. The molecule has 2 saturated heterocycles. The number of fused-ring (bicyclic) bond motifs is 1. The fraction of sp³-hybridized carbons (Fsp3) is 0.467. The molecule has 0 saturated carbocycles. The molecule has 2 atom stereocenters. The predicted molar refractivity (Wildman–Crippen MR) is 76.3 cm³/mol. The largest absolute Gasteiger partial charge is 0.481 e. The molecule has 0 unspecified atom stereocenters. The Morgan fingerprint density at radius 2 is 2.23 bits per heavy atom. The fourth-order valence-electron chi connectivity index (χ4n) is 3.27. The molecule has 3 rings (SSSR count). The molecule has 0 radical (unpaired) electrons. The number of rotatable bonds is 2. The molecule has 0 spiro atoms. The second-order valence-corrected chi connectivity index (χ2v) is 6.20. The van der Waals surface area contributed by atoms with Crippen LogP contribution in [-0.4, -0.2) is 48.2 Å². The number of carbonyl (C=O) groups excluding carboxylic acids is 1. The SMILES string of the molecule is O=C(c1ccc(F)c(Cl)c1)N1C[C@@H]2COCC[C@]2(C(=O)O)C1. The number of ether oxygens (including phenoxy) is 1. The zero-order valence-electron chi connectivity index (χ0n) is 11.7. The van der Waals surface area contributed by atoms with Gasteiger partial charge in [0.25, 0.3) is 5.91 Å². The van der Waals surface area contributed by atoms with Crippen LogP contribution in [0, 0.1) is 17.2 Å².